The number of carbonyl (C=O) groups excluding carboxylic acids is 1. The first-order chi connectivity index (χ1) is 9.38. The van der Waals surface area contributed by atoms with E-state index in [1.165, 1.54) is 12.1 Å². The Morgan fingerprint density at radius 3 is 1.90 bits per heavy atom. The minimum atomic E-state index is -5.78. The van der Waals surface area contributed by atoms with Crippen molar-refractivity contribution in [2.75, 3.05) is 5.32 Å². The second-order valence-corrected chi connectivity index (χ2v) is 4.18. The summed E-state index contributed by atoms with van der Waals surface area (Å²) in [5.74, 6) is -1.01. The fraction of sp³-hybridized carbons (Fsp3) is 0.364. The van der Waals surface area contributed by atoms with Crippen LogP contribution >= 0.6 is 0 Å². The number of nitrogens with one attached hydrogen (secondary N) is 2. The van der Waals surface area contributed by atoms with E-state index >= 15 is 0 Å². The van der Waals surface area contributed by atoms with Gasteiger partial charge in [-0.1, -0.05) is 12.1 Å². The molecule has 0 aliphatic heterocycles. The molecule has 3 nitrogen and oxygen atoms in total. The summed E-state index contributed by atoms with van der Waals surface area (Å²) in [6, 6.07) is 2.49. The highest BCUT2D eigenvalue weighted by molar-refractivity contribution is 5.90. The number of rotatable bonds is 2. The first kappa shape index (κ1) is 17.1. The summed E-state index contributed by atoms with van der Waals surface area (Å²) in [6.07, 6.45) is -11.6. The number of anilines is 1. The molecule has 2 N–H and O–H groups in total. The van der Waals surface area contributed by atoms with Gasteiger partial charge in [-0.15, -0.1) is 0 Å². The summed E-state index contributed by atoms with van der Waals surface area (Å²) < 4.78 is 88.4. The van der Waals surface area contributed by atoms with Crippen molar-refractivity contribution < 1.29 is 35.5 Å². The normalized spacial score (nSPS) is 13.0. The number of urea groups is 1. The molecule has 1 aromatic rings. The van der Waals surface area contributed by atoms with Crippen LogP contribution in [0.15, 0.2) is 24.3 Å². The molecule has 118 valence electrons. The van der Waals surface area contributed by atoms with Crippen LogP contribution in [0.25, 0.3) is 0 Å². The molecule has 2 amide bonds. The minimum Gasteiger partial charge on any atom is -0.316 e. The van der Waals surface area contributed by atoms with Crippen molar-refractivity contribution in [3.63, 3.8) is 0 Å². The van der Waals surface area contributed by atoms with Crippen LogP contribution in [0.4, 0.5) is 41.2 Å². The largest absolute Gasteiger partial charge is 0.420 e. The number of alkyl halides is 6. The molecule has 0 spiro atoms. The van der Waals surface area contributed by atoms with E-state index in [4.69, 9.17) is 0 Å². The summed E-state index contributed by atoms with van der Waals surface area (Å²) in [4.78, 5) is 11.3. The van der Waals surface area contributed by atoms with E-state index in [1.807, 2.05) is 0 Å². The van der Waals surface area contributed by atoms with Gasteiger partial charge in [0.25, 0.3) is 0 Å². The van der Waals surface area contributed by atoms with E-state index in [0.29, 0.717) is 0 Å². The van der Waals surface area contributed by atoms with E-state index in [1.54, 1.807) is 5.32 Å². The second-order valence-electron chi connectivity index (χ2n) is 4.18. The van der Waals surface area contributed by atoms with Gasteiger partial charge in [0.15, 0.2) is 0 Å². The lowest BCUT2D eigenvalue weighted by Crippen LogP contribution is -2.66. The molecule has 21 heavy (non-hydrogen) atoms. The number of benzene rings is 1. The minimum absolute atomic E-state index is 0.228. The smallest absolute Gasteiger partial charge is 0.316 e. The SMILES string of the molecule is CC(NC(=O)Nc1ccccc1F)(C(F)(F)F)C(F)(F)F. The Labute approximate surface area is 114 Å². The summed E-state index contributed by atoms with van der Waals surface area (Å²) in [5.41, 5.74) is -5.02. The molecule has 0 atom stereocenters. The molecule has 0 bridgehead atoms. The molecule has 0 saturated carbocycles. The molecule has 10 heteroatoms. The molecule has 0 aromatic heterocycles. The average molecular weight is 318 g/mol. The predicted octanol–water partition coefficient (Wildman–Crippen LogP) is 3.83. The van der Waals surface area contributed by atoms with Crippen molar-refractivity contribution in [1.82, 2.24) is 5.32 Å². The molecular formula is C11H9F7N2O. The lowest BCUT2D eigenvalue weighted by molar-refractivity contribution is -0.297. The molecule has 1 rings (SSSR count). The lowest BCUT2D eigenvalue weighted by atomic mass is 10.0. The van der Waals surface area contributed by atoms with Gasteiger partial charge in [0.1, 0.15) is 5.82 Å². The van der Waals surface area contributed by atoms with Crippen LogP contribution in [0, 0.1) is 5.82 Å². The third-order valence-electron chi connectivity index (χ3n) is 2.62. The number of hydrogen-bond acceptors (Lipinski definition) is 1. The Kier molecular flexibility index (Phi) is 4.40. The molecule has 0 heterocycles. The van der Waals surface area contributed by atoms with Crippen molar-refractivity contribution in [2.24, 2.45) is 0 Å². The Morgan fingerprint density at radius 2 is 1.48 bits per heavy atom. The topological polar surface area (TPSA) is 41.1 Å². The van der Waals surface area contributed by atoms with Crippen LogP contribution < -0.4 is 10.6 Å². The Hall–Kier alpha value is -2.00. The molecule has 0 unspecified atom stereocenters. The zero-order valence-electron chi connectivity index (χ0n) is 10.4. The standard InChI is InChI=1S/C11H9F7N2O/c1-9(10(13,14)15,11(16,17)18)20-8(21)19-7-5-3-2-4-6(7)12/h2-5H,1H3,(H2,19,20,21). The van der Waals surface area contributed by atoms with Crippen LogP contribution in [-0.4, -0.2) is 23.9 Å². The van der Waals surface area contributed by atoms with Crippen molar-refractivity contribution >= 4 is 11.7 Å². The molecule has 0 fully saturated rings. The first-order valence-corrected chi connectivity index (χ1v) is 5.35. The molecule has 0 aliphatic rings. The van der Waals surface area contributed by atoms with Crippen LogP contribution in [0.5, 0.6) is 0 Å². The maximum Gasteiger partial charge on any atom is 0.420 e. The maximum absolute atomic E-state index is 13.2. The zero-order valence-corrected chi connectivity index (χ0v) is 10.4. The number of para-hydroxylation sites is 1. The van der Waals surface area contributed by atoms with Crippen molar-refractivity contribution in [1.29, 1.82) is 0 Å². The quantitative estimate of drug-likeness (QED) is 0.800. The highest BCUT2D eigenvalue weighted by Gasteiger charge is 2.68. The second kappa shape index (κ2) is 5.41. The van der Waals surface area contributed by atoms with Gasteiger partial charge in [-0.2, -0.15) is 26.3 Å². The van der Waals surface area contributed by atoms with Gasteiger partial charge in [0, 0.05) is 0 Å². The summed E-state index contributed by atoms with van der Waals surface area (Å²) in [7, 11) is 0. The average Bonchev–Trinajstić information content (AvgIpc) is 2.29. The van der Waals surface area contributed by atoms with Gasteiger partial charge in [-0.25, -0.2) is 9.18 Å². The maximum atomic E-state index is 13.2. The molecule has 0 aliphatic carbocycles. The number of carbonyl (C=O) groups is 1. The van der Waals surface area contributed by atoms with Gasteiger partial charge < -0.3 is 10.6 Å². The Morgan fingerprint density at radius 1 is 1.00 bits per heavy atom. The van der Waals surface area contributed by atoms with E-state index in [2.05, 4.69) is 0 Å². The Bertz CT molecular complexity index is 510. The van der Waals surface area contributed by atoms with Crippen molar-refractivity contribution in [3.05, 3.63) is 30.1 Å². The molecule has 0 radical (unpaired) electrons. The summed E-state index contributed by atoms with van der Waals surface area (Å²) in [5, 5.41) is 2.37. The van der Waals surface area contributed by atoms with Gasteiger partial charge >= 0.3 is 18.4 Å². The van der Waals surface area contributed by atoms with Gasteiger partial charge in [-0.3, -0.25) is 0 Å². The van der Waals surface area contributed by atoms with Crippen LogP contribution in [0.1, 0.15) is 6.92 Å². The molecule has 1 aromatic carbocycles. The lowest BCUT2D eigenvalue weighted by Gasteiger charge is -2.34. The van der Waals surface area contributed by atoms with Crippen molar-refractivity contribution in [2.45, 2.75) is 24.8 Å². The van der Waals surface area contributed by atoms with Crippen LogP contribution in [0.2, 0.25) is 0 Å². The zero-order chi connectivity index (χ0) is 16.5. The third kappa shape index (κ3) is 3.56. The number of halogens is 7. The monoisotopic (exact) mass is 318 g/mol. The van der Waals surface area contributed by atoms with Gasteiger partial charge in [0.05, 0.1) is 5.69 Å². The third-order valence-corrected chi connectivity index (χ3v) is 2.62. The highest BCUT2D eigenvalue weighted by Crippen LogP contribution is 2.42. The van der Waals surface area contributed by atoms with E-state index in [9.17, 15) is 35.5 Å². The van der Waals surface area contributed by atoms with E-state index in [-0.39, 0.29) is 6.92 Å². The highest BCUT2D eigenvalue weighted by atomic mass is 19.4. The number of amides is 2. The van der Waals surface area contributed by atoms with Crippen LogP contribution in [0.3, 0.4) is 0 Å². The summed E-state index contributed by atoms with van der Waals surface area (Å²) >= 11 is 0. The Balaban J connectivity index is 2.96. The van der Waals surface area contributed by atoms with Gasteiger partial charge in [0.2, 0.25) is 5.54 Å². The fourth-order valence-electron chi connectivity index (χ4n) is 1.25. The molecular weight excluding hydrogens is 309 g/mol. The first-order valence-electron chi connectivity index (χ1n) is 5.35. The number of hydrogen-bond donors (Lipinski definition) is 2. The summed E-state index contributed by atoms with van der Waals surface area (Å²) in [6.45, 7) is -0.228. The van der Waals surface area contributed by atoms with E-state index in [0.717, 1.165) is 17.4 Å². The predicted molar refractivity (Wildman–Crippen MR) is 59.1 cm³/mol. The van der Waals surface area contributed by atoms with Crippen molar-refractivity contribution in [3.8, 4) is 0 Å². The molecule has 0 saturated heterocycles. The van der Waals surface area contributed by atoms with Gasteiger partial charge in [-0.05, 0) is 19.1 Å². The van der Waals surface area contributed by atoms with E-state index < -0.39 is 35.4 Å². The fourth-order valence-corrected chi connectivity index (χ4v) is 1.25. The van der Waals surface area contributed by atoms with Crippen LogP contribution in [-0.2, 0) is 0 Å².